The summed E-state index contributed by atoms with van der Waals surface area (Å²) in [5.74, 6) is 0.547. The molecule has 25 heavy (non-hydrogen) atoms. The molecule has 0 fully saturated rings. The van der Waals surface area contributed by atoms with Gasteiger partial charge in [0.2, 0.25) is 5.91 Å². The molecule has 3 aromatic rings. The van der Waals surface area contributed by atoms with E-state index in [0.717, 1.165) is 34.4 Å². The summed E-state index contributed by atoms with van der Waals surface area (Å²) in [6, 6.07) is 9.69. The van der Waals surface area contributed by atoms with E-state index in [9.17, 15) is 4.79 Å². The van der Waals surface area contributed by atoms with Crippen molar-refractivity contribution in [2.45, 2.75) is 27.2 Å². The first-order valence-electron chi connectivity index (χ1n) is 8.24. The van der Waals surface area contributed by atoms with Crippen LogP contribution in [-0.2, 0) is 11.2 Å². The standard InChI is InChI=1S/C20H21N3O2/c1-5-14-6-7-15(21-11-14)17-10-12(2)19-16(22-13(3)24)8-9-18(25-4)20(19)23-17/h6-11H,5H2,1-4H3,(H,22,24). The molecule has 0 unspecified atom stereocenters. The number of fused-ring (bicyclic) bond motifs is 1. The molecule has 5 nitrogen and oxygen atoms in total. The number of methoxy groups -OCH3 is 1. The van der Waals surface area contributed by atoms with E-state index >= 15 is 0 Å². The number of nitrogens with one attached hydrogen (secondary N) is 1. The molecule has 128 valence electrons. The van der Waals surface area contributed by atoms with Crippen LogP contribution in [0.1, 0.15) is 25.0 Å². The topological polar surface area (TPSA) is 64.1 Å². The van der Waals surface area contributed by atoms with Crippen LogP contribution in [0, 0.1) is 6.92 Å². The van der Waals surface area contributed by atoms with Crippen LogP contribution in [0.5, 0.6) is 5.75 Å². The highest BCUT2D eigenvalue weighted by atomic mass is 16.5. The zero-order valence-electron chi connectivity index (χ0n) is 14.9. The van der Waals surface area contributed by atoms with Gasteiger partial charge in [-0.2, -0.15) is 0 Å². The summed E-state index contributed by atoms with van der Waals surface area (Å²) in [7, 11) is 1.62. The highest BCUT2D eigenvalue weighted by molar-refractivity contribution is 6.04. The van der Waals surface area contributed by atoms with Gasteiger partial charge in [-0.1, -0.05) is 13.0 Å². The third-order valence-electron chi connectivity index (χ3n) is 4.15. The van der Waals surface area contributed by atoms with E-state index in [0.29, 0.717) is 11.3 Å². The number of hydrogen-bond acceptors (Lipinski definition) is 4. The van der Waals surface area contributed by atoms with E-state index in [-0.39, 0.29) is 5.91 Å². The van der Waals surface area contributed by atoms with E-state index in [1.165, 1.54) is 12.5 Å². The molecule has 2 heterocycles. The lowest BCUT2D eigenvalue weighted by Crippen LogP contribution is -2.07. The number of aromatic nitrogens is 2. The van der Waals surface area contributed by atoms with Crippen molar-refractivity contribution in [1.82, 2.24) is 9.97 Å². The molecule has 3 rings (SSSR count). The van der Waals surface area contributed by atoms with Crippen molar-refractivity contribution >= 4 is 22.5 Å². The molecule has 0 aliphatic carbocycles. The van der Waals surface area contributed by atoms with Crippen LogP contribution < -0.4 is 10.1 Å². The highest BCUT2D eigenvalue weighted by Crippen LogP contribution is 2.34. The summed E-state index contributed by atoms with van der Waals surface area (Å²) in [6.45, 7) is 5.59. The third kappa shape index (κ3) is 3.31. The Labute approximate surface area is 147 Å². The van der Waals surface area contributed by atoms with Crippen molar-refractivity contribution in [1.29, 1.82) is 0 Å². The molecule has 2 aromatic heterocycles. The average Bonchev–Trinajstić information content (AvgIpc) is 2.61. The summed E-state index contributed by atoms with van der Waals surface area (Å²) in [5, 5.41) is 3.74. The summed E-state index contributed by atoms with van der Waals surface area (Å²) in [4.78, 5) is 20.8. The number of amides is 1. The van der Waals surface area contributed by atoms with Crippen molar-refractivity contribution in [3.63, 3.8) is 0 Å². The van der Waals surface area contributed by atoms with Gasteiger partial charge >= 0.3 is 0 Å². The molecular weight excluding hydrogens is 314 g/mol. The normalized spacial score (nSPS) is 10.7. The van der Waals surface area contributed by atoms with Gasteiger partial charge < -0.3 is 10.1 Å². The Morgan fingerprint density at radius 3 is 2.60 bits per heavy atom. The minimum absolute atomic E-state index is 0.119. The summed E-state index contributed by atoms with van der Waals surface area (Å²) in [6.07, 6.45) is 2.83. The van der Waals surface area contributed by atoms with Gasteiger partial charge in [0.1, 0.15) is 11.3 Å². The van der Waals surface area contributed by atoms with Crippen LogP contribution >= 0.6 is 0 Å². The first-order valence-corrected chi connectivity index (χ1v) is 8.24. The molecule has 0 spiro atoms. The van der Waals surface area contributed by atoms with E-state index in [4.69, 9.17) is 9.72 Å². The van der Waals surface area contributed by atoms with Crippen molar-refractivity contribution in [3.8, 4) is 17.1 Å². The van der Waals surface area contributed by atoms with Gasteiger partial charge in [-0.25, -0.2) is 4.98 Å². The largest absolute Gasteiger partial charge is 0.494 e. The lowest BCUT2D eigenvalue weighted by Gasteiger charge is -2.14. The Balaban J connectivity index is 2.21. The number of hydrogen-bond donors (Lipinski definition) is 1. The smallest absolute Gasteiger partial charge is 0.221 e. The van der Waals surface area contributed by atoms with Crippen molar-refractivity contribution < 1.29 is 9.53 Å². The third-order valence-corrected chi connectivity index (χ3v) is 4.15. The Hall–Kier alpha value is -2.95. The minimum atomic E-state index is -0.119. The fraction of sp³-hybridized carbons (Fsp3) is 0.250. The second kappa shape index (κ2) is 6.89. The number of anilines is 1. The quantitative estimate of drug-likeness (QED) is 0.778. The molecule has 0 bridgehead atoms. The van der Waals surface area contributed by atoms with Gasteiger partial charge in [0.05, 0.1) is 24.2 Å². The molecule has 0 atom stereocenters. The Kier molecular flexibility index (Phi) is 4.65. The average molecular weight is 335 g/mol. The zero-order chi connectivity index (χ0) is 18.0. The second-order valence-electron chi connectivity index (χ2n) is 5.95. The van der Waals surface area contributed by atoms with Gasteiger partial charge in [0, 0.05) is 18.5 Å². The molecular formula is C20H21N3O2. The SMILES string of the molecule is CCc1ccc(-c2cc(C)c3c(NC(C)=O)ccc(OC)c3n2)nc1. The van der Waals surface area contributed by atoms with Crippen molar-refractivity contribution in [2.24, 2.45) is 0 Å². The fourth-order valence-corrected chi connectivity index (χ4v) is 2.89. The van der Waals surface area contributed by atoms with E-state index in [1.54, 1.807) is 7.11 Å². The number of ether oxygens (including phenoxy) is 1. The zero-order valence-corrected chi connectivity index (χ0v) is 14.9. The predicted octanol–water partition coefficient (Wildman–Crippen LogP) is 4.13. The number of pyridine rings is 2. The molecule has 1 aromatic carbocycles. The van der Waals surface area contributed by atoms with Crippen molar-refractivity contribution in [3.05, 3.63) is 47.7 Å². The maximum atomic E-state index is 11.5. The van der Waals surface area contributed by atoms with Gasteiger partial charge in [0.25, 0.3) is 0 Å². The van der Waals surface area contributed by atoms with Gasteiger partial charge in [-0.15, -0.1) is 0 Å². The number of benzene rings is 1. The molecule has 0 saturated carbocycles. The van der Waals surface area contributed by atoms with E-state index < -0.39 is 0 Å². The number of carbonyl (C=O) groups excluding carboxylic acids is 1. The predicted molar refractivity (Wildman–Crippen MR) is 99.9 cm³/mol. The van der Waals surface area contributed by atoms with Crippen LogP contribution in [-0.4, -0.2) is 23.0 Å². The maximum Gasteiger partial charge on any atom is 0.221 e. The first kappa shape index (κ1) is 16.9. The monoisotopic (exact) mass is 335 g/mol. The van der Waals surface area contributed by atoms with E-state index in [1.807, 2.05) is 37.4 Å². The van der Waals surface area contributed by atoms with E-state index in [2.05, 4.69) is 23.3 Å². The van der Waals surface area contributed by atoms with Gasteiger partial charge in [-0.05, 0) is 48.7 Å². The van der Waals surface area contributed by atoms with Gasteiger partial charge in [-0.3, -0.25) is 9.78 Å². The summed E-state index contributed by atoms with van der Waals surface area (Å²) in [5.41, 5.74) is 5.23. The number of rotatable bonds is 4. The molecule has 5 heteroatoms. The second-order valence-corrected chi connectivity index (χ2v) is 5.95. The summed E-state index contributed by atoms with van der Waals surface area (Å²) >= 11 is 0. The van der Waals surface area contributed by atoms with Crippen molar-refractivity contribution in [2.75, 3.05) is 12.4 Å². The first-order chi connectivity index (χ1) is 12.0. The summed E-state index contributed by atoms with van der Waals surface area (Å²) < 4.78 is 5.47. The molecule has 0 radical (unpaired) electrons. The lowest BCUT2D eigenvalue weighted by molar-refractivity contribution is -0.114. The minimum Gasteiger partial charge on any atom is -0.494 e. The Morgan fingerprint density at radius 1 is 1.20 bits per heavy atom. The number of carbonyl (C=O) groups is 1. The lowest BCUT2D eigenvalue weighted by atomic mass is 10.0. The van der Waals surface area contributed by atoms with Crippen LogP contribution in [0.4, 0.5) is 5.69 Å². The fourth-order valence-electron chi connectivity index (χ4n) is 2.89. The molecule has 1 amide bonds. The number of aryl methyl sites for hydroxylation is 2. The molecule has 0 aliphatic heterocycles. The van der Waals surface area contributed by atoms with Gasteiger partial charge in [0.15, 0.2) is 0 Å². The number of nitrogens with zero attached hydrogens (tertiary/aromatic N) is 2. The highest BCUT2D eigenvalue weighted by Gasteiger charge is 2.14. The molecule has 0 aliphatic rings. The Bertz CT molecular complexity index is 934. The van der Waals surface area contributed by atoms with Crippen LogP contribution in [0.15, 0.2) is 36.5 Å². The van der Waals surface area contributed by atoms with Crippen LogP contribution in [0.25, 0.3) is 22.3 Å². The van der Waals surface area contributed by atoms with Crippen LogP contribution in [0.2, 0.25) is 0 Å². The van der Waals surface area contributed by atoms with Crippen LogP contribution in [0.3, 0.4) is 0 Å². The maximum absolute atomic E-state index is 11.5. The Morgan fingerprint density at radius 2 is 2.00 bits per heavy atom. The molecule has 1 N–H and O–H groups in total. The molecule has 0 saturated heterocycles.